The van der Waals surface area contributed by atoms with E-state index in [9.17, 15) is 9.90 Å². The summed E-state index contributed by atoms with van der Waals surface area (Å²) < 4.78 is 6.02. The van der Waals surface area contributed by atoms with Gasteiger partial charge in [0.2, 0.25) is 0 Å². The molecule has 0 atom stereocenters. The second-order valence-electron chi connectivity index (χ2n) is 9.18. The van der Waals surface area contributed by atoms with Gasteiger partial charge in [0.15, 0.2) is 0 Å². The predicted octanol–water partition coefficient (Wildman–Crippen LogP) is 4.20. The van der Waals surface area contributed by atoms with Gasteiger partial charge in [0.25, 0.3) is 0 Å². The number of terminal acetylenes is 1. The quantitative estimate of drug-likeness (QED) is 0.394. The standard InChI is InChI=1S/C21H25N3O3.C4H10O.C2H2/c1-11-5-7-15(8-6-11)19-13(3)21-20(12(2)16(19)9-18(25)26)24(23)17(10-27-21)14(4)22;1-4(2,3)5;1-2/h5-8H,9-10,22-23H2,1-4H3,(H,25,26);5H,1-3H3;1-2H/b17-14-;;. The Kier molecular flexibility index (Phi) is 9.74. The molecule has 34 heavy (non-hydrogen) atoms. The summed E-state index contributed by atoms with van der Waals surface area (Å²) in [5, 5.41) is 19.6. The Balaban J connectivity index is 0.000000733. The van der Waals surface area contributed by atoms with Crippen LogP contribution in [0.15, 0.2) is 35.7 Å². The van der Waals surface area contributed by atoms with Crippen LogP contribution in [0.1, 0.15) is 49.9 Å². The van der Waals surface area contributed by atoms with Crippen molar-refractivity contribution in [1.82, 2.24) is 0 Å². The summed E-state index contributed by atoms with van der Waals surface area (Å²) >= 11 is 0. The maximum Gasteiger partial charge on any atom is 0.307 e. The topological polar surface area (TPSA) is 122 Å². The van der Waals surface area contributed by atoms with Gasteiger partial charge >= 0.3 is 5.97 Å². The fraction of sp³-hybridized carbons (Fsp3) is 0.370. The molecule has 0 spiro atoms. The third-order valence-electron chi connectivity index (χ3n) is 5.05. The number of carboxylic acid groups (broad SMARTS) is 1. The van der Waals surface area contributed by atoms with Crippen LogP contribution in [0.25, 0.3) is 11.1 Å². The summed E-state index contributed by atoms with van der Waals surface area (Å²) in [6.45, 7) is 13.1. The molecule has 184 valence electrons. The Hall–Kier alpha value is -3.47. The lowest BCUT2D eigenvalue weighted by atomic mass is 9.87. The molecule has 7 nitrogen and oxygen atoms in total. The number of aryl methyl sites for hydroxylation is 1. The first kappa shape index (κ1) is 28.6. The number of aliphatic hydroxyl groups is 1. The molecule has 0 unspecified atom stereocenters. The molecule has 0 bridgehead atoms. The Morgan fingerprint density at radius 1 is 1.12 bits per heavy atom. The highest BCUT2D eigenvalue weighted by atomic mass is 16.5. The lowest BCUT2D eigenvalue weighted by Crippen LogP contribution is -2.39. The van der Waals surface area contributed by atoms with Crippen molar-refractivity contribution in [3.8, 4) is 29.7 Å². The number of fused-ring (bicyclic) bond motifs is 1. The Bertz CT molecular complexity index is 1070. The molecule has 1 aliphatic heterocycles. The van der Waals surface area contributed by atoms with Crippen molar-refractivity contribution in [2.75, 3.05) is 11.6 Å². The Labute approximate surface area is 203 Å². The van der Waals surface area contributed by atoms with Gasteiger partial charge in [0, 0.05) is 11.3 Å². The second kappa shape index (κ2) is 11.6. The Morgan fingerprint density at radius 3 is 2.06 bits per heavy atom. The van der Waals surface area contributed by atoms with Crippen LogP contribution in [-0.4, -0.2) is 28.4 Å². The van der Waals surface area contributed by atoms with E-state index in [1.54, 1.807) is 27.7 Å². The van der Waals surface area contributed by atoms with Crippen molar-refractivity contribution in [2.24, 2.45) is 11.6 Å². The first-order chi connectivity index (χ1) is 15.7. The van der Waals surface area contributed by atoms with Gasteiger partial charge in [-0.15, -0.1) is 12.8 Å². The van der Waals surface area contributed by atoms with Crippen molar-refractivity contribution in [3.05, 3.63) is 57.9 Å². The number of allylic oxidation sites excluding steroid dienone is 1. The van der Waals surface area contributed by atoms with Crippen molar-refractivity contribution >= 4 is 11.7 Å². The van der Waals surface area contributed by atoms with Crippen molar-refractivity contribution in [2.45, 2.75) is 60.5 Å². The molecule has 0 aliphatic carbocycles. The van der Waals surface area contributed by atoms with Gasteiger partial charge in [0.05, 0.1) is 17.7 Å². The highest BCUT2D eigenvalue weighted by Gasteiger charge is 2.30. The summed E-state index contributed by atoms with van der Waals surface area (Å²) in [4.78, 5) is 11.6. The highest BCUT2D eigenvalue weighted by molar-refractivity contribution is 5.87. The number of rotatable bonds is 3. The molecule has 0 saturated carbocycles. The zero-order valence-electron chi connectivity index (χ0n) is 21.2. The number of carboxylic acids is 1. The van der Waals surface area contributed by atoms with Crippen LogP contribution in [0.2, 0.25) is 0 Å². The molecule has 2 aromatic rings. The van der Waals surface area contributed by atoms with E-state index in [-0.39, 0.29) is 13.0 Å². The zero-order valence-corrected chi connectivity index (χ0v) is 21.2. The van der Waals surface area contributed by atoms with E-state index in [1.165, 1.54) is 5.01 Å². The number of aliphatic carboxylic acids is 1. The molecule has 0 fully saturated rings. The average Bonchev–Trinajstić information content (AvgIpc) is 2.72. The highest BCUT2D eigenvalue weighted by Crippen LogP contribution is 2.46. The molecular weight excluding hydrogens is 430 g/mol. The molecule has 3 rings (SSSR count). The average molecular weight is 468 g/mol. The van der Waals surface area contributed by atoms with E-state index in [1.807, 2.05) is 45.0 Å². The van der Waals surface area contributed by atoms with E-state index in [0.717, 1.165) is 33.4 Å². The van der Waals surface area contributed by atoms with E-state index in [2.05, 4.69) is 12.8 Å². The smallest absolute Gasteiger partial charge is 0.307 e. The van der Waals surface area contributed by atoms with Crippen LogP contribution in [0, 0.1) is 33.6 Å². The first-order valence-corrected chi connectivity index (χ1v) is 10.9. The fourth-order valence-corrected chi connectivity index (χ4v) is 3.62. The summed E-state index contributed by atoms with van der Waals surface area (Å²) in [5.74, 6) is 6.12. The minimum Gasteiger partial charge on any atom is -0.485 e. The maximum atomic E-state index is 11.6. The minimum atomic E-state index is -0.892. The zero-order chi connectivity index (χ0) is 26.4. The lowest BCUT2D eigenvalue weighted by molar-refractivity contribution is -0.136. The first-order valence-electron chi connectivity index (χ1n) is 10.9. The SMILES string of the molecule is C#C.C/C(N)=C1\COc2c(C)c(-c3ccc(C)cc3)c(CC(=O)O)c(C)c2N1N.CC(C)(C)O. The number of hydrogen-bond donors (Lipinski definition) is 4. The van der Waals surface area contributed by atoms with Gasteiger partial charge < -0.3 is 20.7 Å². The van der Waals surface area contributed by atoms with E-state index in [4.69, 9.17) is 21.4 Å². The van der Waals surface area contributed by atoms with E-state index in [0.29, 0.717) is 22.8 Å². The van der Waals surface area contributed by atoms with Crippen LogP contribution < -0.4 is 21.3 Å². The van der Waals surface area contributed by atoms with Crippen LogP contribution in [0.3, 0.4) is 0 Å². The number of nitrogens with two attached hydrogens (primary N) is 2. The second-order valence-corrected chi connectivity index (χ2v) is 9.18. The van der Waals surface area contributed by atoms with Crippen molar-refractivity contribution in [1.29, 1.82) is 0 Å². The minimum absolute atomic E-state index is 0.0995. The van der Waals surface area contributed by atoms with Gasteiger partial charge in [-0.25, -0.2) is 5.84 Å². The Morgan fingerprint density at radius 2 is 1.62 bits per heavy atom. The molecule has 0 saturated heterocycles. The predicted molar refractivity (Wildman–Crippen MR) is 138 cm³/mol. The van der Waals surface area contributed by atoms with E-state index >= 15 is 0 Å². The van der Waals surface area contributed by atoms with Crippen LogP contribution in [0.4, 0.5) is 5.69 Å². The monoisotopic (exact) mass is 467 g/mol. The normalized spacial score (nSPS) is 13.9. The largest absolute Gasteiger partial charge is 0.485 e. The van der Waals surface area contributed by atoms with Crippen LogP contribution in [0.5, 0.6) is 5.75 Å². The number of hydrogen-bond acceptors (Lipinski definition) is 6. The summed E-state index contributed by atoms with van der Waals surface area (Å²) in [7, 11) is 0. The molecule has 7 heteroatoms. The lowest BCUT2D eigenvalue weighted by Gasteiger charge is -2.35. The van der Waals surface area contributed by atoms with Crippen molar-refractivity contribution in [3.63, 3.8) is 0 Å². The van der Waals surface area contributed by atoms with Crippen LogP contribution in [-0.2, 0) is 11.2 Å². The molecule has 1 aliphatic rings. The number of ether oxygens (including phenoxy) is 1. The van der Waals surface area contributed by atoms with Gasteiger partial charge in [0.1, 0.15) is 18.0 Å². The summed E-state index contributed by atoms with van der Waals surface area (Å²) in [6.07, 6.45) is 7.90. The molecule has 1 heterocycles. The van der Waals surface area contributed by atoms with Gasteiger partial charge in [-0.05, 0) is 70.7 Å². The molecule has 0 aromatic heterocycles. The summed E-state index contributed by atoms with van der Waals surface area (Å²) in [5.41, 5.74) is 12.7. The number of hydrazine groups is 1. The molecular formula is C27H37N3O4. The van der Waals surface area contributed by atoms with E-state index < -0.39 is 11.6 Å². The number of carbonyl (C=O) groups is 1. The molecule has 2 aromatic carbocycles. The van der Waals surface area contributed by atoms with Gasteiger partial charge in [-0.2, -0.15) is 0 Å². The number of anilines is 1. The van der Waals surface area contributed by atoms with Gasteiger partial charge in [-0.3, -0.25) is 9.80 Å². The number of nitrogens with zero attached hydrogens (tertiary/aromatic N) is 1. The van der Waals surface area contributed by atoms with Gasteiger partial charge in [-0.1, -0.05) is 29.8 Å². The molecule has 0 amide bonds. The number of benzene rings is 2. The summed E-state index contributed by atoms with van der Waals surface area (Å²) in [6, 6.07) is 8.05. The molecule has 6 N–H and O–H groups in total. The van der Waals surface area contributed by atoms with Crippen molar-refractivity contribution < 1.29 is 19.7 Å². The third kappa shape index (κ3) is 7.01. The third-order valence-corrected chi connectivity index (χ3v) is 5.05. The van der Waals surface area contributed by atoms with Crippen LogP contribution >= 0.6 is 0 Å². The molecule has 0 radical (unpaired) electrons. The fourth-order valence-electron chi connectivity index (χ4n) is 3.62. The maximum absolute atomic E-state index is 11.6.